The van der Waals surface area contributed by atoms with Gasteiger partial charge in [-0.25, -0.2) is 9.59 Å². The van der Waals surface area contributed by atoms with Crippen molar-refractivity contribution >= 4 is 11.9 Å². The van der Waals surface area contributed by atoms with E-state index in [0.29, 0.717) is 28.6 Å². The molecule has 0 radical (unpaired) electrons. The van der Waals surface area contributed by atoms with E-state index >= 15 is 0 Å². The summed E-state index contributed by atoms with van der Waals surface area (Å²) in [4.78, 5) is 23.7. The Morgan fingerprint density at radius 1 is 1.25 bits per heavy atom. The largest absolute Gasteiger partial charge is 0.456 e. The molecule has 0 aromatic heterocycles. The Labute approximate surface area is 144 Å². The predicted molar refractivity (Wildman–Crippen MR) is 88.9 cm³/mol. The highest BCUT2D eigenvalue weighted by Gasteiger charge is 2.85. The van der Waals surface area contributed by atoms with Gasteiger partial charge in [-0.05, 0) is 54.8 Å². The van der Waals surface area contributed by atoms with Crippen LogP contribution >= 0.6 is 0 Å². The van der Waals surface area contributed by atoms with Crippen LogP contribution in [0.1, 0.15) is 52.9 Å². The normalized spacial score (nSPS) is 47.9. The van der Waals surface area contributed by atoms with Gasteiger partial charge in [-0.1, -0.05) is 27.4 Å². The van der Waals surface area contributed by atoms with Gasteiger partial charge in [0.1, 0.15) is 5.60 Å². The number of fused-ring (bicyclic) bond motifs is 2. The molecule has 0 aromatic rings. The molecule has 0 aromatic carbocycles. The Bertz CT molecular complexity index is 611. The van der Waals surface area contributed by atoms with Crippen LogP contribution in [0.2, 0.25) is 0 Å². The molecule has 4 saturated carbocycles. The maximum atomic E-state index is 12.4. The number of carbonyl (C=O) groups excluding carboxylic acids is 2. The second kappa shape index (κ2) is 4.86. The molecule has 2 bridgehead atoms. The Morgan fingerprint density at radius 3 is 2.67 bits per heavy atom. The van der Waals surface area contributed by atoms with Gasteiger partial charge in [0.05, 0.1) is 0 Å². The van der Waals surface area contributed by atoms with Crippen LogP contribution in [0.15, 0.2) is 12.7 Å². The summed E-state index contributed by atoms with van der Waals surface area (Å²) in [6, 6.07) is 0. The molecule has 0 amide bonds. The van der Waals surface area contributed by atoms with E-state index in [2.05, 4.69) is 27.4 Å². The molecule has 0 aliphatic heterocycles. The van der Waals surface area contributed by atoms with Crippen LogP contribution in [-0.2, 0) is 19.1 Å². The Balaban J connectivity index is 1.56. The van der Waals surface area contributed by atoms with E-state index in [1.807, 2.05) is 0 Å². The van der Waals surface area contributed by atoms with E-state index in [1.54, 1.807) is 0 Å². The van der Waals surface area contributed by atoms with Crippen molar-refractivity contribution in [1.82, 2.24) is 0 Å². The number of hydrogen-bond donors (Lipinski definition) is 0. The lowest BCUT2D eigenvalue weighted by atomic mass is 9.69. The molecule has 0 heterocycles. The van der Waals surface area contributed by atoms with E-state index in [1.165, 1.54) is 25.7 Å². The van der Waals surface area contributed by atoms with Gasteiger partial charge in [0.2, 0.25) is 0 Å². The third-order valence-electron chi connectivity index (χ3n) is 7.86. The number of carbonyl (C=O) groups is 2. The lowest BCUT2D eigenvalue weighted by Crippen LogP contribution is -2.49. The molecule has 4 aliphatic carbocycles. The standard InChI is InChI=1S/C20H28O4/c1-5-12(3)20(24-17(22)11-23-16(21)6-2)13-7-18(4)9-14(18)19(8-13)10-15(19)20/h6,12-15H,2,5,7-11H2,1,3-4H3. The third kappa shape index (κ3) is 1.91. The molecule has 24 heavy (non-hydrogen) atoms. The van der Waals surface area contributed by atoms with Crippen LogP contribution in [0, 0.1) is 34.5 Å². The van der Waals surface area contributed by atoms with Crippen molar-refractivity contribution in [3.05, 3.63) is 12.7 Å². The fourth-order valence-electron chi connectivity index (χ4n) is 6.65. The van der Waals surface area contributed by atoms with Gasteiger partial charge in [0.25, 0.3) is 0 Å². The molecule has 4 rings (SSSR count). The van der Waals surface area contributed by atoms with Crippen molar-refractivity contribution in [2.75, 3.05) is 6.61 Å². The lowest BCUT2D eigenvalue weighted by molar-refractivity contribution is -0.184. The molecule has 4 aliphatic rings. The molecule has 132 valence electrons. The monoisotopic (exact) mass is 332 g/mol. The number of ether oxygens (including phenoxy) is 2. The fourth-order valence-corrected chi connectivity index (χ4v) is 6.65. The van der Waals surface area contributed by atoms with Crippen LogP contribution < -0.4 is 0 Å². The van der Waals surface area contributed by atoms with Crippen LogP contribution in [0.4, 0.5) is 0 Å². The average molecular weight is 332 g/mol. The van der Waals surface area contributed by atoms with Crippen LogP contribution in [0.5, 0.6) is 0 Å². The number of hydrogen-bond acceptors (Lipinski definition) is 4. The summed E-state index contributed by atoms with van der Waals surface area (Å²) >= 11 is 0. The summed E-state index contributed by atoms with van der Waals surface area (Å²) < 4.78 is 11.1. The van der Waals surface area contributed by atoms with Gasteiger partial charge < -0.3 is 9.47 Å². The van der Waals surface area contributed by atoms with E-state index in [-0.39, 0.29) is 12.2 Å². The fraction of sp³-hybridized carbons (Fsp3) is 0.800. The van der Waals surface area contributed by atoms with Gasteiger partial charge in [-0.15, -0.1) is 0 Å². The maximum absolute atomic E-state index is 12.4. The highest BCUT2D eigenvalue weighted by molar-refractivity contribution is 5.83. The molecular formula is C20H28O4. The van der Waals surface area contributed by atoms with Crippen molar-refractivity contribution < 1.29 is 19.1 Å². The van der Waals surface area contributed by atoms with E-state index in [4.69, 9.17) is 9.47 Å². The van der Waals surface area contributed by atoms with Crippen molar-refractivity contribution in [2.24, 2.45) is 34.5 Å². The Kier molecular flexibility index (Phi) is 3.27. The van der Waals surface area contributed by atoms with Gasteiger partial charge in [-0.3, -0.25) is 0 Å². The minimum atomic E-state index is -0.577. The maximum Gasteiger partial charge on any atom is 0.344 e. The molecule has 7 unspecified atom stereocenters. The summed E-state index contributed by atoms with van der Waals surface area (Å²) in [5, 5.41) is 0. The van der Waals surface area contributed by atoms with Crippen LogP contribution in [-0.4, -0.2) is 24.1 Å². The summed E-state index contributed by atoms with van der Waals surface area (Å²) in [5.41, 5.74) is 0.580. The molecule has 4 fully saturated rings. The average Bonchev–Trinajstić information content (AvgIpc) is 3.43. The van der Waals surface area contributed by atoms with Crippen LogP contribution in [0.3, 0.4) is 0 Å². The topological polar surface area (TPSA) is 52.6 Å². The third-order valence-corrected chi connectivity index (χ3v) is 7.86. The molecule has 1 spiro atoms. The SMILES string of the molecule is C=CC(=O)OCC(=O)OC1(C(C)CC)C2CC3(C)CC3C3(C2)CC31. The van der Waals surface area contributed by atoms with Gasteiger partial charge >= 0.3 is 11.9 Å². The van der Waals surface area contributed by atoms with Crippen molar-refractivity contribution in [2.45, 2.75) is 58.5 Å². The lowest BCUT2D eigenvalue weighted by Gasteiger charge is -2.43. The Hall–Kier alpha value is -1.32. The Morgan fingerprint density at radius 2 is 2.00 bits per heavy atom. The molecule has 4 heteroatoms. The first-order chi connectivity index (χ1) is 11.3. The summed E-state index contributed by atoms with van der Waals surface area (Å²) in [7, 11) is 0. The van der Waals surface area contributed by atoms with E-state index in [9.17, 15) is 9.59 Å². The minimum absolute atomic E-state index is 0.309. The molecule has 0 N–H and O–H groups in total. The molecular weight excluding hydrogens is 304 g/mol. The number of esters is 2. The predicted octanol–water partition coefficient (Wildman–Crippen LogP) is 3.50. The minimum Gasteiger partial charge on any atom is -0.456 e. The zero-order valence-electron chi connectivity index (χ0n) is 15.0. The van der Waals surface area contributed by atoms with Crippen molar-refractivity contribution in [1.29, 1.82) is 0 Å². The van der Waals surface area contributed by atoms with E-state index in [0.717, 1.165) is 18.4 Å². The van der Waals surface area contributed by atoms with Gasteiger partial charge in [0, 0.05) is 17.9 Å². The zero-order valence-corrected chi connectivity index (χ0v) is 15.0. The molecule has 7 atom stereocenters. The molecule has 4 nitrogen and oxygen atoms in total. The van der Waals surface area contributed by atoms with Crippen LogP contribution in [0.25, 0.3) is 0 Å². The molecule has 0 saturated heterocycles. The number of rotatable bonds is 6. The first kappa shape index (κ1) is 16.2. The first-order valence-electron chi connectivity index (χ1n) is 9.33. The van der Waals surface area contributed by atoms with Gasteiger partial charge in [-0.2, -0.15) is 0 Å². The highest BCUT2D eigenvalue weighted by atomic mass is 16.6. The van der Waals surface area contributed by atoms with Crippen molar-refractivity contribution in [3.8, 4) is 0 Å². The quantitative estimate of drug-likeness (QED) is 0.552. The zero-order chi connectivity index (χ0) is 17.3. The summed E-state index contributed by atoms with van der Waals surface area (Å²) in [6.45, 7) is 9.87. The second-order valence-corrected chi connectivity index (χ2v) is 8.95. The highest BCUT2D eigenvalue weighted by Crippen LogP contribution is 2.88. The summed E-state index contributed by atoms with van der Waals surface area (Å²) in [5.74, 6) is 1.18. The smallest absolute Gasteiger partial charge is 0.344 e. The van der Waals surface area contributed by atoms with E-state index < -0.39 is 11.9 Å². The first-order valence-corrected chi connectivity index (χ1v) is 9.33. The van der Waals surface area contributed by atoms with Gasteiger partial charge in [0.15, 0.2) is 6.61 Å². The summed E-state index contributed by atoms with van der Waals surface area (Å²) in [6.07, 6.45) is 7.06. The van der Waals surface area contributed by atoms with Crippen molar-refractivity contribution in [3.63, 3.8) is 0 Å². The second-order valence-electron chi connectivity index (χ2n) is 8.95.